The fraction of sp³-hybridized carbons (Fsp3) is 0. The Bertz CT molecular complexity index is 1050. The second kappa shape index (κ2) is 6.45. The van der Waals surface area contributed by atoms with Gasteiger partial charge in [-0.1, -0.05) is 11.6 Å². The monoisotopic (exact) mass is 350 g/mol. The highest BCUT2D eigenvalue weighted by Crippen LogP contribution is 2.31. The summed E-state index contributed by atoms with van der Waals surface area (Å²) >= 11 is 6.02. The summed E-state index contributed by atoms with van der Waals surface area (Å²) in [4.78, 5) is 12.8. The maximum Gasteiger partial charge on any atom is 0.161 e. The van der Waals surface area contributed by atoms with Crippen molar-refractivity contribution in [3.63, 3.8) is 0 Å². The van der Waals surface area contributed by atoms with Crippen LogP contribution in [0.3, 0.4) is 0 Å². The molecule has 3 aromatic heterocycles. The molecule has 0 atom stereocenters. The second-order valence-corrected chi connectivity index (χ2v) is 5.85. The van der Waals surface area contributed by atoms with E-state index in [-0.39, 0.29) is 5.82 Å². The molecule has 4 rings (SSSR count). The van der Waals surface area contributed by atoms with Gasteiger partial charge in [-0.05, 0) is 48.5 Å². The van der Waals surface area contributed by atoms with Gasteiger partial charge in [0.1, 0.15) is 5.82 Å². The Morgan fingerprint density at radius 2 is 1.80 bits per heavy atom. The summed E-state index contributed by atoms with van der Waals surface area (Å²) in [7, 11) is 0. The van der Waals surface area contributed by atoms with Crippen LogP contribution < -0.4 is 5.32 Å². The molecule has 0 aliphatic rings. The molecule has 6 heteroatoms. The van der Waals surface area contributed by atoms with Crippen molar-refractivity contribution >= 4 is 34.0 Å². The second-order valence-electron chi connectivity index (χ2n) is 5.41. The summed E-state index contributed by atoms with van der Waals surface area (Å²) in [5.41, 5.74) is 2.96. The van der Waals surface area contributed by atoms with Crippen LogP contribution >= 0.6 is 11.6 Å². The fourth-order valence-corrected chi connectivity index (χ4v) is 2.76. The van der Waals surface area contributed by atoms with Gasteiger partial charge in [0, 0.05) is 40.3 Å². The molecular formula is C19H12ClFN4. The first-order valence-corrected chi connectivity index (χ1v) is 7.97. The number of rotatable bonds is 3. The third kappa shape index (κ3) is 3.14. The van der Waals surface area contributed by atoms with E-state index in [0.717, 1.165) is 16.8 Å². The van der Waals surface area contributed by atoms with Crippen LogP contribution in [0.25, 0.3) is 22.3 Å². The van der Waals surface area contributed by atoms with Crippen molar-refractivity contribution in [2.45, 2.75) is 0 Å². The van der Waals surface area contributed by atoms with Crippen LogP contribution in [0.15, 0.2) is 67.1 Å². The first-order valence-electron chi connectivity index (χ1n) is 7.59. The molecule has 0 amide bonds. The lowest BCUT2D eigenvalue weighted by atomic mass is 10.1. The number of anilines is 2. The normalized spacial score (nSPS) is 10.8. The molecule has 0 unspecified atom stereocenters. The van der Waals surface area contributed by atoms with Gasteiger partial charge in [-0.3, -0.25) is 4.98 Å². The lowest BCUT2D eigenvalue weighted by Gasteiger charge is -2.12. The predicted octanol–water partition coefficient (Wildman–Crippen LogP) is 5.23. The van der Waals surface area contributed by atoms with E-state index >= 15 is 0 Å². The zero-order valence-electron chi connectivity index (χ0n) is 12.9. The van der Waals surface area contributed by atoms with Crippen LogP contribution in [0.5, 0.6) is 0 Å². The van der Waals surface area contributed by atoms with E-state index in [9.17, 15) is 4.39 Å². The van der Waals surface area contributed by atoms with Gasteiger partial charge in [-0.2, -0.15) is 0 Å². The molecule has 3 heterocycles. The minimum absolute atomic E-state index is 0.331. The first-order chi connectivity index (χ1) is 12.2. The lowest BCUT2D eigenvalue weighted by molar-refractivity contribution is 0.631. The summed E-state index contributed by atoms with van der Waals surface area (Å²) in [5, 5.41) is 4.60. The number of fused-ring (bicyclic) bond motifs is 1. The van der Waals surface area contributed by atoms with Crippen LogP contribution in [0.4, 0.5) is 15.8 Å². The summed E-state index contributed by atoms with van der Waals surface area (Å²) in [6.07, 6.45) is 5.05. The molecule has 25 heavy (non-hydrogen) atoms. The van der Waals surface area contributed by atoms with Crippen molar-refractivity contribution in [1.29, 1.82) is 0 Å². The summed E-state index contributed by atoms with van der Waals surface area (Å²) in [6, 6.07) is 13.6. The third-order valence-corrected chi connectivity index (χ3v) is 3.98. The lowest BCUT2D eigenvalue weighted by Crippen LogP contribution is -1.97. The molecule has 0 saturated carbocycles. The highest BCUT2D eigenvalue weighted by molar-refractivity contribution is 6.30. The van der Waals surface area contributed by atoms with Crippen LogP contribution in [0.2, 0.25) is 5.02 Å². The van der Waals surface area contributed by atoms with Crippen molar-refractivity contribution in [1.82, 2.24) is 15.0 Å². The third-order valence-electron chi connectivity index (χ3n) is 3.75. The van der Waals surface area contributed by atoms with Gasteiger partial charge in [0.15, 0.2) is 5.65 Å². The highest BCUT2D eigenvalue weighted by Gasteiger charge is 2.12. The molecule has 0 aliphatic heterocycles. The minimum atomic E-state index is -0.387. The number of nitrogens with one attached hydrogen (secondary N) is 1. The van der Waals surface area contributed by atoms with E-state index in [1.54, 1.807) is 30.7 Å². The molecular weight excluding hydrogens is 339 g/mol. The van der Waals surface area contributed by atoms with E-state index in [1.807, 2.05) is 24.3 Å². The molecule has 4 aromatic rings. The summed E-state index contributed by atoms with van der Waals surface area (Å²) < 4.78 is 14.3. The number of hydrogen-bond acceptors (Lipinski definition) is 4. The zero-order valence-corrected chi connectivity index (χ0v) is 13.7. The Labute approximate surface area is 148 Å². The van der Waals surface area contributed by atoms with E-state index in [0.29, 0.717) is 21.9 Å². The quantitative estimate of drug-likeness (QED) is 0.549. The SMILES string of the molecule is Fc1ccc(Cl)cc1-c1cc(Nc2ccncc2)c2cccnc2n1. The molecule has 0 bridgehead atoms. The summed E-state index contributed by atoms with van der Waals surface area (Å²) in [6.45, 7) is 0. The van der Waals surface area contributed by atoms with Gasteiger partial charge in [0.2, 0.25) is 0 Å². The zero-order chi connectivity index (χ0) is 17.2. The van der Waals surface area contributed by atoms with Gasteiger partial charge in [0.05, 0.1) is 11.4 Å². The van der Waals surface area contributed by atoms with Crippen molar-refractivity contribution in [3.05, 3.63) is 78.0 Å². The highest BCUT2D eigenvalue weighted by atomic mass is 35.5. The minimum Gasteiger partial charge on any atom is -0.355 e. The number of hydrogen-bond donors (Lipinski definition) is 1. The van der Waals surface area contributed by atoms with E-state index in [4.69, 9.17) is 11.6 Å². The van der Waals surface area contributed by atoms with Gasteiger partial charge >= 0.3 is 0 Å². The number of benzene rings is 1. The Hall–Kier alpha value is -3.05. The number of pyridine rings is 3. The standard InChI is InChI=1S/C19H12ClFN4/c20-12-3-4-16(21)15(10-12)18-11-17(24-13-5-8-22-9-6-13)14-2-1-7-23-19(14)25-18/h1-11H,(H,22,23,24,25). The molecule has 0 spiro atoms. The van der Waals surface area contributed by atoms with Gasteiger partial charge in [0.25, 0.3) is 0 Å². The predicted molar refractivity (Wildman–Crippen MR) is 97.5 cm³/mol. The molecule has 4 nitrogen and oxygen atoms in total. The van der Waals surface area contributed by atoms with Crippen molar-refractivity contribution in [2.75, 3.05) is 5.32 Å². The first kappa shape index (κ1) is 15.5. The van der Waals surface area contributed by atoms with E-state index in [1.165, 1.54) is 12.1 Å². The maximum atomic E-state index is 14.3. The van der Waals surface area contributed by atoms with Crippen molar-refractivity contribution in [2.24, 2.45) is 0 Å². The van der Waals surface area contributed by atoms with Crippen LogP contribution in [0, 0.1) is 5.82 Å². The Kier molecular flexibility index (Phi) is 3.99. The average molecular weight is 351 g/mol. The van der Waals surface area contributed by atoms with Gasteiger partial charge in [-0.15, -0.1) is 0 Å². The molecule has 0 radical (unpaired) electrons. The van der Waals surface area contributed by atoms with E-state index in [2.05, 4.69) is 20.3 Å². The number of aromatic nitrogens is 3. The molecule has 0 aliphatic carbocycles. The van der Waals surface area contributed by atoms with Gasteiger partial charge in [-0.25, -0.2) is 14.4 Å². The Morgan fingerprint density at radius 1 is 0.960 bits per heavy atom. The largest absolute Gasteiger partial charge is 0.355 e. The Balaban J connectivity index is 1.91. The summed E-state index contributed by atoms with van der Waals surface area (Å²) in [5.74, 6) is -0.387. The fourth-order valence-electron chi connectivity index (χ4n) is 2.58. The van der Waals surface area contributed by atoms with Crippen LogP contribution in [0.1, 0.15) is 0 Å². The maximum absolute atomic E-state index is 14.3. The van der Waals surface area contributed by atoms with E-state index < -0.39 is 0 Å². The number of halogens is 2. The molecule has 1 aromatic carbocycles. The topological polar surface area (TPSA) is 50.7 Å². The smallest absolute Gasteiger partial charge is 0.161 e. The Morgan fingerprint density at radius 3 is 2.64 bits per heavy atom. The molecule has 1 N–H and O–H groups in total. The molecule has 0 fully saturated rings. The van der Waals surface area contributed by atoms with Crippen LogP contribution in [-0.4, -0.2) is 15.0 Å². The van der Waals surface area contributed by atoms with Crippen molar-refractivity contribution < 1.29 is 4.39 Å². The molecule has 122 valence electrons. The van der Waals surface area contributed by atoms with Crippen molar-refractivity contribution in [3.8, 4) is 11.3 Å². The number of nitrogens with zero attached hydrogens (tertiary/aromatic N) is 3. The average Bonchev–Trinajstić information content (AvgIpc) is 2.64. The molecule has 0 saturated heterocycles. The van der Waals surface area contributed by atoms with Crippen LogP contribution in [-0.2, 0) is 0 Å². The van der Waals surface area contributed by atoms with Gasteiger partial charge < -0.3 is 5.32 Å².